The Hall–Kier alpha value is -1.39. The smallest absolute Gasteiger partial charge is 0.238 e. The minimum absolute atomic E-state index is 0.0991. The van der Waals surface area contributed by atoms with Gasteiger partial charge in [-0.2, -0.15) is 0 Å². The van der Waals surface area contributed by atoms with E-state index in [2.05, 4.69) is 41.5 Å². The molecule has 116 valence electrons. The van der Waals surface area contributed by atoms with Crippen LogP contribution in [-0.2, 0) is 11.2 Å². The number of aryl methyl sites for hydroxylation is 2. The summed E-state index contributed by atoms with van der Waals surface area (Å²) in [5, 5.41) is 6.33. The molecule has 0 aliphatic carbocycles. The van der Waals surface area contributed by atoms with E-state index < -0.39 is 0 Å². The van der Waals surface area contributed by atoms with Crippen molar-refractivity contribution in [2.75, 3.05) is 32.0 Å². The summed E-state index contributed by atoms with van der Waals surface area (Å²) in [5.41, 5.74) is 3.34. The van der Waals surface area contributed by atoms with Gasteiger partial charge in [0.05, 0.1) is 6.54 Å². The van der Waals surface area contributed by atoms with E-state index in [9.17, 15) is 4.79 Å². The van der Waals surface area contributed by atoms with Crippen molar-refractivity contribution in [1.82, 2.24) is 10.2 Å². The highest BCUT2D eigenvalue weighted by Gasteiger charge is 2.25. The van der Waals surface area contributed by atoms with Crippen LogP contribution in [0.2, 0.25) is 0 Å². The fraction of sp³-hybridized carbons (Fsp3) is 0.588. The highest BCUT2D eigenvalue weighted by molar-refractivity contribution is 5.93. The molecule has 1 aromatic rings. The second-order valence-corrected chi connectivity index (χ2v) is 5.83. The van der Waals surface area contributed by atoms with Crippen LogP contribution in [0.15, 0.2) is 18.2 Å². The van der Waals surface area contributed by atoms with Crippen molar-refractivity contribution in [3.8, 4) is 0 Å². The molecule has 0 saturated carbocycles. The molecule has 0 spiro atoms. The third-order valence-electron chi connectivity index (χ3n) is 4.29. The predicted molar refractivity (Wildman–Crippen MR) is 87.7 cm³/mol. The topological polar surface area (TPSA) is 44.4 Å². The zero-order chi connectivity index (χ0) is 15.2. The molecule has 1 unspecified atom stereocenters. The van der Waals surface area contributed by atoms with E-state index in [0.29, 0.717) is 12.6 Å². The van der Waals surface area contributed by atoms with Gasteiger partial charge in [0.15, 0.2) is 0 Å². The highest BCUT2D eigenvalue weighted by atomic mass is 16.2. The standard InChI is InChI=1S/C17H27N3O/c1-4-14-8-5-7-13(2)17(14)19-16(21)12-20-10-6-9-15(20)11-18-3/h5,7-8,15,18H,4,6,9-12H2,1-3H3,(H,19,21). The number of likely N-dealkylation sites (tertiary alicyclic amines) is 1. The van der Waals surface area contributed by atoms with Crippen LogP contribution in [0.4, 0.5) is 5.69 Å². The maximum atomic E-state index is 12.4. The van der Waals surface area contributed by atoms with Crippen molar-refractivity contribution >= 4 is 11.6 Å². The number of hydrogen-bond donors (Lipinski definition) is 2. The Morgan fingerprint density at radius 3 is 2.95 bits per heavy atom. The molecule has 1 amide bonds. The molecule has 1 aliphatic heterocycles. The van der Waals surface area contributed by atoms with Gasteiger partial charge in [-0.25, -0.2) is 0 Å². The molecule has 0 bridgehead atoms. The first-order valence-electron chi connectivity index (χ1n) is 7.92. The molecule has 1 fully saturated rings. The SMILES string of the molecule is CCc1cccc(C)c1NC(=O)CN1CCCC1CNC. The molecule has 4 heteroatoms. The second-order valence-electron chi connectivity index (χ2n) is 5.83. The molecule has 1 atom stereocenters. The summed E-state index contributed by atoms with van der Waals surface area (Å²) >= 11 is 0. The van der Waals surface area contributed by atoms with Gasteiger partial charge in [0.1, 0.15) is 0 Å². The average Bonchev–Trinajstić information content (AvgIpc) is 2.88. The minimum Gasteiger partial charge on any atom is -0.324 e. The number of para-hydroxylation sites is 1. The predicted octanol–water partition coefficient (Wildman–Crippen LogP) is 2.18. The number of nitrogens with zero attached hydrogens (tertiary/aromatic N) is 1. The van der Waals surface area contributed by atoms with E-state index >= 15 is 0 Å². The number of hydrogen-bond acceptors (Lipinski definition) is 3. The first-order chi connectivity index (χ1) is 10.2. The zero-order valence-electron chi connectivity index (χ0n) is 13.4. The number of benzene rings is 1. The Bertz CT molecular complexity index is 487. The second kappa shape index (κ2) is 7.57. The third-order valence-corrected chi connectivity index (χ3v) is 4.29. The summed E-state index contributed by atoms with van der Waals surface area (Å²) in [6, 6.07) is 6.67. The molecule has 1 heterocycles. The van der Waals surface area contributed by atoms with E-state index in [1.807, 2.05) is 13.1 Å². The van der Waals surface area contributed by atoms with Crippen molar-refractivity contribution < 1.29 is 4.79 Å². The van der Waals surface area contributed by atoms with Crippen LogP contribution < -0.4 is 10.6 Å². The van der Waals surface area contributed by atoms with Gasteiger partial charge in [-0.15, -0.1) is 0 Å². The highest BCUT2D eigenvalue weighted by Crippen LogP contribution is 2.22. The normalized spacial score (nSPS) is 18.9. The van der Waals surface area contributed by atoms with Gasteiger partial charge in [-0.05, 0) is 50.9 Å². The Balaban J connectivity index is 1.99. The van der Waals surface area contributed by atoms with E-state index in [-0.39, 0.29) is 5.91 Å². The van der Waals surface area contributed by atoms with E-state index in [1.165, 1.54) is 18.4 Å². The maximum Gasteiger partial charge on any atom is 0.238 e. The van der Waals surface area contributed by atoms with Gasteiger partial charge in [0.2, 0.25) is 5.91 Å². The lowest BCUT2D eigenvalue weighted by molar-refractivity contribution is -0.117. The Morgan fingerprint density at radius 1 is 1.43 bits per heavy atom. The van der Waals surface area contributed by atoms with Gasteiger partial charge in [0, 0.05) is 18.3 Å². The number of rotatable bonds is 6. The van der Waals surface area contributed by atoms with Crippen molar-refractivity contribution in [3.63, 3.8) is 0 Å². The number of carbonyl (C=O) groups excluding carboxylic acids is 1. The van der Waals surface area contributed by atoms with Gasteiger partial charge in [-0.3, -0.25) is 9.69 Å². The molecule has 21 heavy (non-hydrogen) atoms. The lowest BCUT2D eigenvalue weighted by Gasteiger charge is -2.24. The summed E-state index contributed by atoms with van der Waals surface area (Å²) in [6.45, 7) is 6.64. The van der Waals surface area contributed by atoms with Crippen LogP contribution in [-0.4, -0.2) is 43.5 Å². The molecule has 0 aromatic heterocycles. The van der Waals surface area contributed by atoms with Crippen LogP contribution in [0, 0.1) is 6.92 Å². The van der Waals surface area contributed by atoms with Crippen LogP contribution >= 0.6 is 0 Å². The lowest BCUT2D eigenvalue weighted by atomic mass is 10.1. The van der Waals surface area contributed by atoms with Gasteiger partial charge >= 0.3 is 0 Å². The summed E-state index contributed by atoms with van der Waals surface area (Å²) in [5.74, 6) is 0.0991. The number of carbonyl (C=O) groups is 1. The summed E-state index contributed by atoms with van der Waals surface area (Å²) in [7, 11) is 1.97. The van der Waals surface area contributed by atoms with Crippen LogP contribution in [0.1, 0.15) is 30.9 Å². The number of likely N-dealkylation sites (N-methyl/N-ethyl adjacent to an activating group) is 1. The Morgan fingerprint density at radius 2 is 2.24 bits per heavy atom. The van der Waals surface area contributed by atoms with E-state index in [4.69, 9.17) is 0 Å². The molecule has 1 saturated heterocycles. The molecule has 4 nitrogen and oxygen atoms in total. The third kappa shape index (κ3) is 4.05. The first-order valence-corrected chi connectivity index (χ1v) is 7.92. The molecule has 2 rings (SSSR count). The Labute approximate surface area is 127 Å². The number of nitrogens with one attached hydrogen (secondary N) is 2. The maximum absolute atomic E-state index is 12.4. The molecular weight excluding hydrogens is 262 g/mol. The molecular formula is C17H27N3O. The molecule has 1 aromatic carbocycles. The monoisotopic (exact) mass is 289 g/mol. The Kier molecular flexibility index (Phi) is 5.76. The van der Waals surface area contributed by atoms with Crippen LogP contribution in [0.25, 0.3) is 0 Å². The van der Waals surface area contributed by atoms with Crippen molar-refractivity contribution in [2.24, 2.45) is 0 Å². The fourth-order valence-electron chi connectivity index (χ4n) is 3.14. The summed E-state index contributed by atoms with van der Waals surface area (Å²) in [4.78, 5) is 14.7. The van der Waals surface area contributed by atoms with Crippen molar-refractivity contribution in [1.29, 1.82) is 0 Å². The van der Waals surface area contributed by atoms with Crippen molar-refractivity contribution in [3.05, 3.63) is 29.3 Å². The van der Waals surface area contributed by atoms with Crippen LogP contribution in [0.5, 0.6) is 0 Å². The van der Waals surface area contributed by atoms with E-state index in [1.54, 1.807) is 0 Å². The first kappa shape index (κ1) is 16.0. The zero-order valence-corrected chi connectivity index (χ0v) is 13.4. The van der Waals surface area contributed by atoms with E-state index in [0.717, 1.165) is 30.8 Å². The summed E-state index contributed by atoms with van der Waals surface area (Å²) in [6.07, 6.45) is 3.30. The van der Waals surface area contributed by atoms with Crippen molar-refractivity contribution in [2.45, 2.75) is 39.2 Å². The van der Waals surface area contributed by atoms with Gasteiger partial charge in [0.25, 0.3) is 0 Å². The van der Waals surface area contributed by atoms with Crippen LogP contribution in [0.3, 0.4) is 0 Å². The number of amides is 1. The largest absolute Gasteiger partial charge is 0.324 e. The lowest BCUT2D eigenvalue weighted by Crippen LogP contribution is -2.41. The fourth-order valence-corrected chi connectivity index (χ4v) is 3.14. The molecule has 0 radical (unpaired) electrons. The molecule has 1 aliphatic rings. The van der Waals surface area contributed by atoms with Gasteiger partial charge in [-0.1, -0.05) is 25.1 Å². The molecule has 2 N–H and O–H groups in total. The van der Waals surface area contributed by atoms with Gasteiger partial charge < -0.3 is 10.6 Å². The number of anilines is 1. The quantitative estimate of drug-likeness (QED) is 0.843. The minimum atomic E-state index is 0.0991. The summed E-state index contributed by atoms with van der Waals surface area (Å²) < 4.78 is 0. The average molecular weight is 289 g/mol.